The highest BCUT2D eigenvalue weighted by Gasteiger charge is 2.18. The molecule has 0 bridgehead atoms. The molecule has 0 spiro atoms. The summed E-state index contributed by atoms with van der Waals surface area (Å²) in [6, 6.07) is 11.3. The van der Waals surface area contributed by atoms with Gasteiger partial charge in [0.15, 0.2) is 11.6 Å². The van der Waals surface area contributed by atoms with Gasteiger partial charge in [0.2, 0.25) is 5.88 Å². The number of amides is 1. The molecule has 45 heavy (non-hydrogen) atoms. The molecule has 3 N–H and O–H groups in total. The zero-order valence-electron chi connectivity index (χ0n) is 23.8. The number of ether oxygens (including phenoxy) is 3. The van der Waals surface area contributed by atoms with Crippen LogP contribution < -0.4 is 20.5 Å². The average molecular weight is 678 g/mol. The number of nitrogens with one attached hydrogen (secondary N) is 1. The molecule has 1 aliphatic heterocycles. The fraction of sp³-hybridized carbons (Fsp3) is 0.188. The number of morpholine rings is 1. The van der Waals surface area contributed by atoms with E-state index in [4.69, 9.17) is 19.9 Å². The Kier molecular flexibility index (Phi) is 9.10. The predicted molar refractivity (Wildman–Crippen MR) is 168 cm³/mol. The van der Waals surface area contributed by atoms with Crippen molar-refractivity contribution >= 4 is 44.1 Å². The van der Waals surface area contributed by atoms with E-state index in [-0.39, 0.29) is 22.7 Å². The molecule has 1 fully saturated rings. The lowest BCUT2D eigenvalue weighted by Gasteiger charge is -2.26. The number of rotatable bonds is 9. The molecule has 5 aromatic rings. The Morgan fingerprint density at radius 1 is 1.02 bits per heavy atom. The second-order valence-electron chi connectivity index (χ2n) is 10.1. The molecule has 1 aliphatic rings. The Labute approximate surface area is 265 Å². The highest BCUT2D eigenvalue weighted by Crippen LogP contribution is 2.37. The third-order valence-corrected chi connectivity index (χ3v) is 7.92. The van der Waals surface area contributed by atoms with E-state index in [1.807, 2.05) is 0 Å². The van der Waals surface area contributed by atoms with Crippen molar-refractivity contribution in [3.8, 4) is 28.5 Å². The average Bonchev–Trinajstić information content (AvgIpc) is 3.05. The highest BCUT2D eigenvalue weighted by atomic mass is 79.9. The van der Waals surface area contributed by atoms with Gasteiger partial charge in [-0.25, -0.2) is 13.8 Å². The summed E-state index contributed by atoms with van der Waals surface area (Å²) >= 11 is 3.54. The van der Waals surface area contributed by atoms with E-state index < -0.39 is 17.5 Å². The molecule has 230 valence electrons. The number of nitrogen functional groups attached to an aromatic ring is 1. The number of nitrogens with two attached hydrogens (primary N) is 1. The second-order valence-corrected chi connectivity index (χ2v) is 10.9. The van der Waals surface area contributed by atoms with Crippen LogP contribution in [0.1, 0.15) is 10.4 Å². The molecule has 6 rings (SSSR count). The molecule has 4 heterocycles. The maximum Gasteiger partial charge on any atom is 0.259 e. The summed E-state index contributed by atoms with van der Waals surface area (Å²) in [5.74, 6) is -1.03. The van der Waals surface area contributed by atoms with Gasteiger partial charge in [0.25, 0.3) is 5.91 Å². The first-order valence-electron chi connectivity index (χ1n) is 14.0. The van der Waals surface area contributed by atoms with Crippen LogP contribution in [0.3, 0.4) is 0 Å². The number of anilines is 2. The van der Waals surface area contributed by atoms with Crippen LogP contribution in [-0.4, -0.2) is 65.2 Å². The molecule has 10 nitrogen and oxygen atoms in total. The van der Waals surface area contributed by atoms with Gasteiger partial charge >= 0.3 is 0 Å². The largest absolute Gasteiger partial charge is 0.475 e. The summed E-state index contributed by atoms with van der Waals surface area (Å²) in [5.41, 5.74) is 8.29. The Bertz CT molecular complexity index is 1850. The van der Waals surface area contributed by atoms with Crippen LogP contribution >= 0.6 is 15.9 Å². The van der Waals surface area contributed by atoms with Crippen LogP contribution in [0.15, 0.2) is 77.8 Å². The minimum Gasteiger partial charge on any atom is -0.475 e. The van der Waals surface area contributed by atoms with Gasteiger partial charge in [0.05, 0.1) is 35.4 Å². The van der Waals surface area contributed by atoms with Crippen LogP contribution in [0, 0.1) is 11.6 Å². The smallest absolute Gasteiger partial charge is 0.259 e. The van der Waals surface area contributed by atoms with Crippen LogP contribution in [0.4, 0.5) is 20.2 Å². The molecule has 3 aromatic heterocycles. The fourth-order valence-electron chi connectivity index (χ4n) is 4.81. The summed E-state index contributed by atoms with van der Waals surface area (Å²) in [6.45, 7) is 4.34. The SMILES string of the molecule is Nc1c(C(=O)Nc2ccc(Oc3ccnc4c(Br)c(OCCN5CCOCC5)ncc34)c(F)c2)cncc1-c1ccc(F)cc1. The van der Waals surface area contributed by atoms with Crippen molar-refractivity contribution in [1.29, 1.82) is 0 Å². The number of hydrogen-bond donors (Lipinski definition) is 2. The Hall–Kier alpha value is -4.72. The van der Waals surface area contributed by atoms with Gasteiger partial charge < -0.3 is 25.3 Å². The van der Waals surface area contributed by atoms with Crippen molar-refractivity contribution < 1.29 is 27.8 Å². The lowest BCUT2D eigenvalue weighted by molar-refractivity contribution is 0.0319. The van der Waals surface area contributed by atoms with Gasteiger partial charge in [-0.2, -0.15) is 0 Å². The molecule has 0 atom stereocenters. The van der Waals surface area contributed by atoms with Crippen LogP contribution in [0.2, 0.25) is 0 Å². The summed E-state index contributed by atoms with van der Waals surface area (Å²) < 4.78 is 46.3. The van der Waals surface area contributed by atoms with Crippen molar-refractivity contribution in [2.24, 2.45) is 0 Å². The highest BCUT2D eigenvalue weighted by molar-refractivity contribution is 9.10. The lowest BCUT2D eigenvalue weighted by atomic mass is 10.0. The third kappa shape index (κ3) is 6.85. The Morgan fingerprint density at radius 3 is 2.60 bits per heavy atom. The Morgan fingerprint density at radius 2 is 1.82 bits per heavy atom. The number of fused-ring (bicyclic) bond motifs is 1. The van der Waals surface area contributed by atoms with E-state index in [1.54, 1.807) is 30.6 Å². The van der Waals surface area contributed by atoms with Gasteiger partial charge in [-0.3, -0.25) is 19.7 Å². The first-order valence-corrected chi connectivity index (χ1v) is 14.8. The first-order chi connectivity index (χ1) is 21.9. The zero-order valence-corrected chi connectivity index (χ0v) is 25.4. The number of aromatic nitrogens is 3. The first kappa shape index (κ1) is 30.3. The number of benzene rings is 2. The van der Waals surface area contributed by atoms with E-state index in [1.165, 1.54) is 36.7 Å². The lowest BCUT2D eigenvalue weighted by Crippen LogP contribution is -2.38. The monoisotopic (exact) mass is 676 g/mol. The minimum atomic E-state index is -0.709. The maximum atomic E-state index is 15.2. The van der Waals surface area contributed by atoms with Gasteiger partial charge in [0.1, 0.15) is 22.6 Å². The zero-order chi connectivity index (χ0) is 31.3. The molecule has 0 saturated carbocycles. The summed E-state index contributed by atoms with van der Waals surface area (Å²) in [5, 5.41) is 3.18. The quantitative estimate of drug-likeness (QED) is 0.191. The van der Waals surface area contributed by atoms with E-state index in [9.17, 15) is 9.18 Å². The number of carbonyl (C=O) groups is 1. The predicted octanol–water partition coefficient (Wildman–Crippen LogP) is 6.07. The molecule has 2 aromatic carbocycles. The molecule has 13 heteroatoms. The molecule has 0 unspecified atom stereocenters. The summed E-state index contributed by atoms with van der Waals surface area (Å²) in [7, 11) is 0. The van der Waals surface area contributed by atoms with Gasteiger partial charge in [-0.15, -0.1) is 0 Å². The standard InChI is InChI=1S/C32H27BrF2N6O4/c33-28-30-23(18-39-32(28)44-14-11-41-9-12-43-13-10-41)26(7-8-38-30)45-27-6-5-21(15-25(27)35)40-31(42)24-17-37-16-22(29(24)36)19-1-3-20(34)4-2-19/h1-8,15-18H,9-14H2,(H2,36,37)(H,40,42). The van der Waals surface area contributed by atoms with Gasteiger partial charge in [0, 0.05) is 61.7 Å². The van der Waals surface area contributed by atoms with Crippen molar-refractivity contribution in [2.75, 3.05) is 50.5 Å². The van der Waals surface area contributed by atoms with E-state index >= 15 is 4.39 Å². The Balaban J connectivity index is 1.15. The van der Waals surface area contributed by atoms with E-state index in [2.05, 4.69) is 41.1 Å². The topological polar surface area (TPSA) is 125 Å². The fourth-order valence-corrected chi connectivity index (χ4v) is 5.34. The van der Waals surface area contributed by atoms with Crippen molar-refractivity contribution in [2.45, 2.75) is 0 Å². The van der Waals surface area contributed by atoms with Gasteiger partial charge in [-0.1, -0.05) is 12.1 Å². The number of hydrogen-bond acceptors (Lipinski definition) is 9. The summed E-state index contributed by atoms with van der Waals surface area (Å²) in [4.78, 5) is 28.2. The number of nitrogens with zero attached hydrogens (tertiary/aromatic N) is 4. The molecule has 1 saturated heterocycles. The molecular formula is C32H27BrF2N6O4. The van der Waals surface area contributed by atoms with Crippen LogP contribution in [-0.2, 0) is 4.74 Å². The van der Waals surface area contributed by atoms with Crippen LogP contribution in [0.25, 0.3) is 22.0 Å². The molecule has 0 radical (unpaired) electrons. The molecule has 1 amide bonds. The second kappa shape index (κ2) is 13.5. The number of halogens is 3. The molecule has 0 aliphatic carbocycles. The summed E-state index contributed by atoms with van der Waals surface area (Å²) in [6.07, 6.45) is 5.91. The maximum absolute atomic E-state index is 15.2. The van der Waals surface area contributed by atoms with E-state index in [0.29, 0.717) is 58.0 Å². The van der Waals surface area contributed by atoms with Crippen LogP contribution in [0.5, 0.6) is 17.4 Å². The minimum absolute atomic E-state index is 0.0676. The van der Waals surface area contributed by atoms with Crippen molar-refractivity contribution in [3.63, 3.8) is 0 Å². The third-order valence-electron chi connectivity index (χ3n) is 7.20. The van der Waals surface area contributed by atoms with Crippen molar-refractivity contribution in [1.82, 2.24) is 19.9 Å². The molecular weight excluding hydrogens is 650 g/mol. The number of carbonyl (C=O) groups excluding carboxylic acids is 1. The normalized spacial score (nSPS) is 13.5. The van der Waals surface area contributed by atoms with E-state index in [0.717, 1.165) is 25.7 Å². The van der Waals surface area contributed by atoms with Crippen molar-refractivity contribution in [3.05, 3.63) is 95.0 Å². The van der Waals surface area contributed by atoms with Gasteiger partial charge in [-0.05, 0) is 51.8 Å². The number of pyridine rings is 3.